The highest BCUT2D eigenvalue weighted by molar-refractivity contribution is 7.99. The number of rotatable bonds is 8. The fourth-order valence-electron chi connectivity index (χ4n) is 3.75. The average molecular weight is 495 g/mol. The molecule has 0 bridgehead atoms. The van der Waals surface area contributed by atoms with Gasteiger partial charge in [0.15, 0.2) is 4.96 Å². The number of amides is 1. The monoisotopic (exact) mass is 494 g/mol. The quantitative estimate of drug-likeness (QED) is 0.355. The Morgan fingerprint density at radius 2 is 1.79 bits per heavy atom. The molecule has 5 rings (SSSR count). The van der Waals surface area contributed by atoms with Crippen molar-refractivity contribution in [3.8, 4) is 0 Å². The number of nitrogens with zero attached hydrogens (tertiary/aromatic N) is 3. The first kappa shape index (κ1) is 22.1. The predicted octanol–water partition coefficient (Wildman–Crippen LogP) is 4.80. The van der Waals surface area contributed by atoms with Gasteiger partial charge in [-0.25, -0.2) is 4.98 Å². The molecule has 0 aliphatic carbocycles. The van der Waals surface area contributed by atoms with E-state index in [0.717, 1.165) is 13.0 Å². The molecule has 1 N–H and O–H groups in total. The van der Waals surface area contributed by atoms with Gasteiger partial charge in [-0.3, -0.25) is 14.0 Å². The molecule has 6 nitrogen and oxygen atoms in total. The highest BCUT2D eigenvalue weighted by atomic mass is 32.2. The molecule has 2 aromatic heterocycles. The van der Waals surface area contributed by atoms with Gasteiger partial charge in [0.1, 0.15) is 0 Å². The summed E-state index contributed by atoms with van der Waals surface area (Å²) in [5.74, 6) is 0.886. The molecule has 33 heavy (non-hydrogen) atoms. The lowest BCUT2D eigenvalue weighted by Crippen LogP contribution is -2.30. The van der Waals surface area contributed by atoms with Crippen molar-refractivity contribution in [3.63, 3.8) is 0 Å². The molecule has 3 heterocycles. The maximum absolute atomic E-state index is 12.3. The number of carbonyl (C=O) groups excluding carboxylic acids is 1. The van der Waals surface area contributed by atoms with Crippen LogP contribution in [0.2, 0.25) is 0 Å². The van der Waals surface area contributed by atoms with Crippen molar-refractivity contribution in [2.45, 2.75) is 22.0 Å². The van der Waals surface area contributed by atoms with E-state index in [1.54, 1.807) is 18.0 Å². The van der Waals surface area contributed by atoms with Crippen LogP contribution < -0.4 is 15.8 Å². The number of hydrogen-bond donors (Lipinski definition) is 1. The summed E-state index contributed by atoms with van der Waals surface area (Å²) < 4.78 is 1.53. The van der Waals surface area contributed by atoms with Crippen LogP contribution in [0, 0.1) is 0 Å². The molecule has 1 aliphatic heterocycles. The van der Waals surface area contributed by atoms with Crippen LogP contribution in [0.5, 0.6) is 0 Å². The molecule has 0 saturated heterocycles. The molecule has 2 aromatic carbocycles. The van der Waals surface area contributed by atoms with Crippen LogP contribution in [0.25, 0.3) is 4.96 Å². The molecule has 1 amide bonds. The molecule has 0 saturated carbocycles. The smallest absolute Gasteiger partial charge is 0.258 e. The van der Waals surface area contributed by atoms with Gasteiger partial charge in [0.05, 0.1) is 22.8 Å². The molecular weight excluding hydrogens is 472 g/mol. The van der Waals surface area contributed by atoms with E-state index in [-0.39, 0.29) is 11.5 Å². The van der Waals surface area contributed by atoms with Gasteiger partial charge in [-0.15, -0.1) is 23.1 Å². The van der Waals surface area contributed by atoms with Crippen LogP contribution in [-0.4, -0.2) is 34.1 Å². The van der Waals surface area contributed by atoms with Crippen molar-refractivity contribution in [1.82, 2.24) is 14.7 Å². The third-order valence-corrected chi connectivity index (χ3v) is 8.11. The minimum Gasteiger partial charge on any atom is -0.355 e. The van der Waals surface area contributed by atoms with Crippen LogP contribution >= 0.6 is 34.9 Å². The maximum atomic E-state index is 12.3. The van der Waals surface area contributed by atoms with Crippen molar-refractivity contribution < 1.29 is 4.79 Å². The van der Waals surface area contributed by atoms with Crippen molar-refractivity contribution >= 4 is 57.1 Å². The Kier molecular flexibility index (Phi) is 6.70. The number of carbonyl (C=O) groups is 1. The van der Waals surface area contributed by atoms with Gasteiger partial charge >= 0.3 is 0 Å². The summed E-state index contributed by atoms with van der Waals surface area (Å²) in [5, 5.41) is 4.86. The van der Waals surface area contributed by atoms with E-state index in [9.17, 15) is 9.59 Å². The van der Waals surface area contributed by atoms with Crippen LogP contribution in [0.4, 0.5) is 11.4 Å². The number of anilines is 2. The number of nitrogens with one attached hydrogen (secondary N) is 1. The van der Waals surface area contributed by atoms with Crippen LogP contribution in [0.3, 0.4) is 0 Å². The lowest BCUT2D eigenvalue weighted by Gasteiger charge is -2.32. The molecule has 9 heteroatoms. The van der Waals surface area contributed by atoms with Gasteiger partial charge in [0.2, 0.25) is 5.91 Å². The molecule has 0 radical (unpaired) electrons. The van der Waals surface area contributed by atoms with Gasteiger partial charge in [-0.1, -0.05) is 36.0 Å². The molecule has 0 spiro atoms. The number of thioether (sulfide) groups is 1. The fourth-order valence-corrected chi connectivity index (χ4v) is 6.33. The van der Waals surface area contributed by atoms with E-state index in [2.05, 4.69) is 63.7 Å². The third kappa shape index (κ3) is 4.95. The second-order valence-corrected chi connectivity index (χ2v) is 10.5. The number of fused-ring (bicyclic) bond motifs is 3. The van der Waals surface area contributed by atoms with Crippen LogP contribution in [0.15, 0.2) is 80.8 Å². The van der Waals surface area contributed by atoms with Gasteiger partial charge in [0.25, 0.3) is 5.56 Å². The van der Waals surface area contributed by atoms with E-state index < -0.39 is 0 Å². The SMILES string of the molecule is O=C(CSCc1cc(=O)n2ccsc2n1)NCCCN1c2ccccc2Sc2ccccc21. The van der Waals surface area contributed by atoms with E-state index >= 15 is 0 Å². The fraction of sp³-hybridized carbons (Fsp3) is 0.208. The zero-order valence-corrected chi connectivity index (χ0v) is 20.2. The van der Waals surface area contributed by atoms with Gasteiger partial charge in [-0.05, 0) is 30.7 Å². The molecule has 1 aliphatic rings. The first-order chi connectivity index (χ1) is 16.2. The number of hydrogen-bond acceptors (Lipinski definition) is 7. The van der Waals surface area contributed by atoms with Crippen molar-refractivity contribution in [1.29, 1.82) is 0 Å². The highest BCUT2D eigenvalue weighted by Crippen LogP contribution is 2.47. The highest BCUT2D eigenvalue weighted by Gasteiger charge is 2.22. The van der Waals surface area contributed by atoms with Crippen molar-refractivity contribution in [3.05, 3.63) is 82.2 Å². The summed E-state index contributed by atoms with van der Waals surface area (Å²) in [6, 6.07) is 18.4. The molecular formula is C24H22N4O2S3. The number of benzene rings is 2. The van der Waals surface area contributed by atoms with E-state index in [1.165, 1.54) is 54.7 Å². The Balaban J connectivity index is 1.10. The minimum atomic E-state index is -0.0828. The zero-order chi connectivity index (χ0) is 22.6. The standard InChI is InChI=1S/C24H22N4O2S3/c29-22(16-31-15-17-14-23(30)28-12-13-32-24(28)26-17)25-10-5-11-27-18-6-1-3-8-20(18)33-21-9-4-2-7-19(21)27/h1-4,6-9,12-14H,5,10-11,15-16H2,(H,25,29). The molecule has 0 atom stereocenters. The minimum absolute atomic E-state index is 0.00363. The maximum Gasteiger partial charge on any atom is 0.258 e. The first-order valence-corrected chi connectivity index (χ1v) is 13.5. The third-order valence-electron chi connectivity index (χ3n) is 5.25. The van der Waals surface area contributed by atoms with E-state index in [1.807, 2.05) is 5.38 Å². The number of para-hydroxylation sites is 2. The Morgan fingerprint density at radius 3 is 2.55 bits per heavy atom. The van der Waals surface area contributed by atoms with Gasteiger partial charge in [0, 0.05) is 46.3 Å². The Hall–Kier alpha value is -2.75. The van der Waals surface area contributed by atoms with Crippen molar-refractivity contribution in [2.24, 2.45) is 0 Å². The predicted molar refractivity (Wildman–Crippen MR) is 137 cm³/mol. The lowest BCUT2D eigenvalue weighted by atomic mass is 10.2. The molecule has 4 aromatic rings. The van der Waals surface area contributed by atoms with E-state index in [4.69, 9.17) is 0 Å². The van der Waals surface area contributed by atoms with Crippen LogP contribution in [0.1, 0.15) is 12.1 Å². The Morgan fingerprint density at radius 1 is 1.06 bits per heavy atom. The van der Waals surface area contributed by atoms with Crippen molar-refractivity contribution in [2.75, 3.05) is 23.7 Å². The molecule has 0 fully saturated rings. The normalized spacial score (nSPS) is 12.4. The Bertz CT molecular complexity index is 1310. The summed E-state index contributed by atoms with van der Waals surface area (Å²) in [6.07, 6.45) is 2.57. The van der Waals surface area contributed by atoms with Gasteiger partial charge in [-0.2, -0.15) is 0 Å². The van der Waals surface area contributed by atoms with Gasteiger partial charge < -0.3 is 10.2 Å². The summed E-state index contributed by atoms with van der Waals surface area (Å²) in [5.41, 5.74) is 3.06. The first-order valence-electron chi connectivity index (χ1n) is 10.6. The topological polar surface area (TPSA) is 66.7 Å². The second kappa shape index (κ2) is 10.0. The second-order valence-electron chi connectivity index (χ2n) is 7.53. The largest absolute Gasteiger partial charge is 0.355 e. The summed E-state index contributed by atoms with van der Waals surface area (Å²) in [7, 11) is 0. The summed E-state index contributed by atoms with van der Waals surface area (Å²) in [6.45, 7) is 1.45. The average Bonchev–Trinajstić information content (AvgIpc) is 3.30. The van der Waals surface area contributed by atoms with Crippen LogP contribution in [-0.2, 0) is 10.5 Å². The molecule has 168 valence electrons. The summed E-state index contributed by atoms with van der Waals surface area (Å²) in [4.78, 5) is 34.3. The number of thiazole rings is 1. The summed E-state index contributed by atoms with van der Waals surface area (Å²) >= 11 is 4.70. The van der Waals surface area contributed by atoms with E-state index in [0.29, 0.717) is 28.7 Å². The molecule has 0 unspecified atom stereocenters. The zero-order valence-electron chi connectivity index (χ0n) is 17.8. The Labute approximate surface area is 204 Å². The number of aromatic nitrogens is 2. The lowest BCUT2D eigenvalue weighted by molar-refractivity contribution is -0.118.